The SMILES string of the molecule is Nc1cn[nH]c1C(=O)Nc1ccc(I)cc1Br. The number of rotatable bonds is 2. The first-order valence-electron chi connectivity index (χ1n) is 4.63. The number of amides is 1. The summed E-state index contributed by atoms with van der Waals surface area (Å²) >= 11 is 5.57. The molecule has 4 N–H and O–H groups in total. The highest BCUT2D eigenvalue weighted by Crippen LogP contribution is 2.25. The zero-order valence-corrected chi connectivity index (χ0v) is 12.2. The van der Waals surface area contributed by atoms with Crippen LogP contribution in [-0.2, 0) is 0 Å². The first kappa shape index (κ1) is 12.4. The Kier molecular flexibility index (Phi) is 3.67. The van der Waals surface area contributed by atoms with E-state index in [1.54, 1.807) is 0 Å². The minimum atomic E-state index is -0.318. The first-order valence-corrected chi connectivity index (χ1v) is 6.50. The van der Waals surface area contributed by atoms with Gasteiger partial charge >= 0.3 is 0 Å². The van der Waals surface area contributed by atoms with Crippen molar-refractivity contribution in [3.63, 3.8) is 0 Å². The van der Waals surface area contributed by atoms with E-state index in [-0.39, 0.29) is 11.6 Å². The van der Waals surface area contributed by atoms with Gasteiger partial charge < -0.3 is 11.1 Å². The number of aromatic amines is 1. The summed E-state index contributed by atoms with van der Waals surface area (Å²) in [6, 6.07) is 5.63. The number of halogens is 2. The highest BCUT2D eigenvalue weighted by molar-refractivity contribution is 14.1. The zero-order chi connectivity index (χ0) is 12.4. The number of benzene rings is 1. The van der Waals surface area contributed by atoms with Crippen molar-refractivity contribution in [2.45, 2.75) is 0 Å². The average molecular weight is 407 g/mol. The number of anilines is 2. The normalized spacial score (nSPS) is 10.2. The molecule has 1 heterocycles. The Labute approximate surface area is 119 Å². The molecule has 0 radical (unpaired) electrons. The maximum Gasteiger partial charge on any atom is 0.275 e. The second-order valence-electron chi connectivity index (χ2n) is 3.28. The molecule has 0 fully saturated rings. The Morgan fingerprint density at radius 3 is 2.88 bits per heavy atom. The predicted molar refractivity (Wildman–Crippen MR) is 77.8 cm³/mol. The minimum absolute atomic E-state index is 0.260. The number of nitrogens with one attached hydrogen (secondary N) is 2. The van der Waals surface area contributed by atoms with E-state index >= 15 is 0 Å². The van der Waals surface area contributed by atoms with E-state index in [0.717, 1.165) is 8.04 Å². The van der Waals surface area contributed by atoms with E-state index in [1.807, 2.05) is 18.2 Å². The summed E-state index contributed by atoms with van der Waals surface area (Å²) in [5, 5.41) is 8.99. The lowest BCUT2D eigenvalue weighted by molar-refractivity contribution is 0.102. The van der Waals surface area contributed by atoms with Gasteiger partial charge in [-0.2, -0.15) is 5.10 Å². The van der Waals surface area contributed by atoms with Crippen molar-refractivity contribution in [3.8, 4) is 0 Å². The van der Waals surface area contributed by atoms with Gasteiger partial charge in [0, 0.05) is 8.04 Å². The average Bonchev–Trinajstić information content (AvgIpc) is 2.68. The number of H-pyrrole nitrogens is 1. The molecule has 0 aliphatic heterocycles. The highest BCUT2D eigenvalue weighted by atomic mass is 127. The summed E-state index contributed by atoms with van der Waals surface area (Å²) in [5.74, 6) is -0.318. The summed E-state index contributed by atoms with van der Waals surface area (Å²) in [6.45, 7) is 0. The number of carbonyl (C=O) groups is 1. The largest absolute Gasteiger partial charge is 0.396 e. The summed E-state index contributed by atoms with van der Waals surface area (Å²) in [4.78, 5) is 11.8. The van der Waals surface area contributed by atoms with Crippen LogP contribution >= 0.6 is 38.5 Å². The molecule has 1 aromatic carbocycles. The van der Waals surface area contributed by atoms with E-state index < -0.39 is 0 Å². The van der Waals surface area contributed by atoms with Crippen LogP contribution in [0.15, 0.2) is 28.9 Å². The molecule has 7 heteroatoms. The molecule has 0 aliphatic rings. The molecular weight excluding hydrogens is 399 g/mol. The third-order valence-corrected chi connectivity index (χ3v) is 3.40. The van der Waals surface area contributed by atoms with Crippen LogP contribution < -0.4 is 11.1 Å². The quantitative estimate of drug-likeness (QED) is 0.670. The summed E-state index contributed by atoms with van der Waals surface area (Å²) < 4.78 is 1.89. The molecule has 0 aliphatic carbocycles. The van der Waals surface area contributed by atoms with Gasteiger partial charge in [0.1, 0.15) is 5.69 Å². The second-order valence-corrected chi connectivity index (χ2v) is 5.38. The Bertz CT molecular complexity index is 569. The van der Waals surface area contributed by atoms with Crippen molar-refractivity contribution in [2.24, 2.45) is 0 Å². The molecule has 2 aromatic rings. The van der Waals surface area contributed by atoms with Crippen molar-refractivity contribution in [1.29, 1.82) is 0 Å². The molecule has 0 bridgehead atoms. The molecule has 0 spiro atoms. The van der Waals surface area contributed by atoms with Crippen LogP contribution in [-0.4, -0.2) is 16.1 Å². The fraction of sp³-hybridized carbons (Fsp3) is 0. The molecule has 1 aromatic heterocycles. The lowest BCUT2D eigenvalue weighted by Gasteiger charge is -2.06. The van der Waals surface area contributed by atoms with E-state index in [4.69, 9.17) is 5.73 Å². The zero-order valence-electron chi connectivity index (χ0n) is 8.50. The smallest absolute Gasteiger partial charge is 0.275 e. The molecule has 0 saturated heterocycles. The van der Waals surface area contributed by atoms with Crippen molar-refractivity contribution in [2.75, 3.05) is 11.1 Å². The predicted octanol–water partition coefficient (Wildman–Crippen LogP) is 2.61. The molecule has 0 unspecified atom stereocenters. The summed E-state index contributed by atoms with van der Waals surface area (Å²) in [5.41, 5.74) is 6.86. The van der Waals surface area contributed by atoms with Crippen LogP contribution in [0.3, 0.4) is 0 Å². The van der Waals surface area contributed by atoms with Gasteiger partial charge in [0.25, 0.3) is 5.91 Å². The molecule has 88 valence electrons. The number of nitrogens with two attached hydrogens (primary N) is 1. The van der Waals surface area contributed by atoms with Crippen LogP contribution in [0.5, 0.6) is 0 Å². The van der Waals surface area contributed by atoms with Gasteiger partial charge in [-0.05, 0) is 56.7 Å². The third kappa shape index (κ3) is 2.78. The minimum Gasteiger partial charge on any atom is -0.396 e. The van der Waals surface area contributed by atoms with Crippen LogP contribution in [0.4, 0.5) is 11.4 Å². The van der Waals surface area contributed by atoms with Crippen molar-refractivity contribution < 1.29 is 4.79 Å². The van der Waals surface area contributed by atoms with Gasteiger partial charge in [0.2, 0.25) is 0 Å². The summed E-state index contributed by atoms with van der Waals surface area (Å²) in [6.07, 6.45) is 1.40. The van der Waals surface area contributed by atoms with Gasteiger partial charge in [-0.15, -0.1) is 0 Å². The maximum absolute atomic E-state index is 11.8. The molecule has 5 nitrogen and oxygen atoms in total. The van der Waals surface area contributed by atoms with Gasteiger partial charge in [-0.3, -0.25) is 9.89 Å². The van der Waals surface area contributed by atoms with Crippen molar-refractivity contribution >= 4 is 55.8 Å². The Morgan fingerprint density at radius 1 is 1.53 bits per heavy atom. The lowest BCUT2D eigenvalue weighted by atomic mass is 10.3. The molecule has 2 rings (SSSR count). The molecule has 1 amide bonds. The van der Waals surface area contributed by atoms with Gasteiger partial charge in [0.05, 0.1) is 17.6 Å². The number of nitrogen functional groups attached to an aromatic ring is 1. The summed E-state index contributed by atoms with van der Waals surface area (Å²) in [7, 11) is 0. The highest BCUT2D eigenvalue weighted by Gasteiger charge is 2.13. The number of aromatic nitrogens is 2. The van der Waals surface area contributed by atoms with Gasteiger partial charge in [-0.25, -0.2) is 0 Å². The van der Waals surface area contributed by atoms with E-state index in [9.17, 15) is 4.79 Å². The van der Waals surface area contributed by atoms with Gasteiger partial charge in [-0.1, -0.05) is 0 Å². The fourth-order valence-electron chi connectivity index (χ4n) is 1.25. The van der Waals surface area contributed by atoms with Crippen LogP contribution in [0.25, 0.3) is 0 Å². The number of hydrogen-bond acceptors (Lipinski definition) is 3. The number of carbonyl (C=O) groups excluding carboxylic acids is 1. The molecule has 17 heavy (non-hydrogen) atoms. The van der Waals surface area contributed by atoms with E-state index in [1.165, 1.54) is 6.20 Å². The first-order chi connectivity index (χ1) is 8.08. The van der Waals surface area contributed by atoms with Crippen molar-refractivity contribution in [1.82, 2.24) is 10.2 Å². The van der Waals surface area contributed by atoms with Crippen LogP contribution in [0.1, 0.15) is 10.5 Å². The Morgan fingerprint density at radius 2 is 2.29 bits per heavy atom. The fourth-order valence-corrected chi connectivity index (χ4v) is 2.65. The Hall–Kier alpha value is -1.09. The van der Waals surface area contributed by atoms with E-state index in [0.29, 0.717) is 11.4 Å². The lowest BCUT2D eigenvalue weighted by Crippen LogP contribution is -2.14. The topological polar surface area (TPSA) is 83.8 Å². The number of hydrogen-bond donors (Lipinski definition) is 3. The monoisotopic (exact) mass is 406 g/mol. The standard InChI is InChI=1S/C10H8BrIN4O/c11-6-3-5(12)1-2-8(6)15-10(17)9-7(13)4-14-16-9/h1-4H,13H2,(H,14,16)(H,15,17). The second kappa shape index (κ2) is 5.05. The van der Waals surface area contributed by atoms with Crippen molar-refractivity contribution in [3.05, 3.63) is 38.1 Å². The van der Waals surface area contributed by atoms with Crippen LogP contribution in [0, 0.1) is 3.57 Å². The number of nitrogens with zero attached hydrogens (tertiary/aromatic N) is 1. The maximum atomic E-state index is 11.8. The van der Waals surface area contributed by atoms with E-state index in [2.05, 4.69) is 54.0 Å². The molecular formula is C10H8BrIN4O. The third-order valence-electron chi connectivity index (χ3n) is 2.08. The Balaban J connectivity index is 2.22. The van der Waals surface area contributed by atoms with Gasteiger partial charge in [0.15, 0.2) is 0 Å². The molecule has 0 atom stereocenters. The molecule has 0 saturated carbocycles. The van der Waals surface area contributed by atoms with Crippen LogP contribution in [0.2, 0.25) is 0 Å².